The zero-order chi connectivity index (χ0) is 25.7. The molecule has 37 heavy (non-hydrogen) atoms. The van der Waals surface area contributed by atoms with Gasteiger partial charge in [-0.25, -0.2) is 0 Å². The van der Waals surface area contributed by atoms with E-state index in [4.69, 9.17) is 32.7 Å². The van der Waals surface area contributed by atoms with E-state index in [0.717, 1.165) is 16.7 Å². The Morgan fingerprint density at radius 1 is 0.649 bits per heavy atom. The summed E-state index contributed by atoms with van der Waals surface area (Å²) in [7, 11) is 1.75. The van der Waals surface area contributed by atoms with Crippen LogP contribution in [0.4, 0.5) is 0 Å². The molecule has 0 bridgehead atoms. The van der Waals surface area contributed by atoms with Gasteiger partial charge in [0.25, 0.3) is 0 Å². The third kappa shape index (κ3) is 8.40. The lowest BCUT2D eigenvalue weighted by Gasteiger charge is -2.44. The molecule has 1 heterocycles. The van der Waals surface area contributed by atoms with E-state index in [0.29, 0.717) is 26.4 Å². The summed E-state index contributed by atoms with van der Waals surface area (Å²) in [6, 6.07) is 30.1. The van der Waals surface area contributed by atoms with Crippen molar-refractivity contribution in [3.63, 3.8) is 0 Å². The molecule has 0 radical (unpaired) electrons. The largest absolute Gasteiger partial charge is 0.374 e. The Balaban J connectivity index is 1.54. The van der Waals surface area contributed by atoms with Crippen LogP contribution in [-0.4, -0.2) is 51.8 Å². The quantitative estimate of drug-likeness (QED) is 0.198. The Labute approximate surface area is 220 Å². The summed E-state index contributed by atoms with van der Waals surface area (Å²) in [6.45, 7) is 1.67. The van der Waals surface area contributed by atoms with Crippen molar-refractivity contribution in [2.75, 3.05) is 27.6 Å². The Morgan fingerprint density at radius 2 is 1.16 bits per heavy atom. The van der Waals surface area contributed by atoms with Crippen LogP contribution in [0, 0.1) is 0 Å². The molecule has 0 unspecified atom stereocenters. The summed E-state index contributed by atoms with van der Waals surface area (Å²) in [5.74, 6) is -0.505. The molecule has 5 atom stereocenters. The third-order valence-electron chi connectivity index (χ3n) is 5.92. The maximum atomic E-state index is 6.50. The minimum absolute atomic E-state index is 0.0853. The fourth-order valence-corrected chi connectivity index (χ4v) is 5.63. The van der Waals surface area contributed by atoms with Crippen molar-refractivity contribution >= 4 is 8.38 Å². The van der Waals surface area contributed by atoms with Crippen molar-refractivity contribution < 1.29 is 32.7 Å². The van der Waals surface area contributed by atoms with Crippen molar-refractivity contribution in [2.45, 2.75) is 44.0 Å². The second kappa shape index (κ2) is 15.3. The molecule has 4 rings (SSSR count). The van der Waals surface area contributed by atoms with Crippen LogP contribution in [0.25, 0.3) is 0 Å². The van der Waals surface area contributed by atoms with Crippen LogP contribution in [0.2, 0.25) is 0 Å². The Kier molecular flexibility index (Phi) is 11.5. The number of methoxy groups -OCH3 is 1. The second-order valence-corrected chi connectivity index (χ2v) is 10.3. The highest BCUT2D eigenvalue weighted by atomic mass is 31.2. The smallest absolute Gasteiger partial charge is 0.204 e. The first-order valence-corrected chi connectivity index (χ1v) is 13.6. The van der Waals surface area contributed by atoms with Gasteiger partial charge in [0.05, 0.1) is 26.4 Å². The predicted octanol–water partition coefficient (Wildman–Crippen LogP) is 5.68. The van der Waals surface area contributed by atoms with E-state index in [1.807, 2.05) is 91.0 Å². The number of rotatable bonds is 14. The van der Waals surface area contributed by atoms with Crippen molar-refractivity contribution in [3.8, 4) is 0 Å². The average molecular weight is 527 g/mol. The SMILES string of the molecule is COCO[C@@H]1[C@@H](OCc2ccccc2)[C@H](OCc2ccccc2)[C@@H](COCc2ccccc2)O[P@@]1OC. The Bertz CT molecular complexity index is 1010. The molecule has 0 aliphatic carbocycles. The topological polar surface area (TPSA) is 64.6 Å². The summed E-state index contributed by atoms with van der Waals surface area (Å²) in [5, 5.41) is 0. The van der Waals surface area contributed by atoms with Gasteiger partial charge in [-0.1, -0.05) is 91.0 Å². The zero-order valence-corrected chi connectivity index (χ0v) is 22.2. The molecule has 3 aromatic carbocycles. The van der Waals surface area contributed by atoms with Crippen LogP contribution in [0.5, 0.6) is 0 Å². The summed E-state index contributed by atoms with van der Waals surface area (Å²) >= 11 is 0. The molecule has 1 saturated heterocycles. The molecule has 3 aromatic rings. The fraction of sp³-hybridized carbons (Fsp3) is 0.379. The van der Waals surface area contributed by atoms with Gasteiger partial charge in [0.15, 0.2) is 5.85 Å². The van der Waals surface area contributed by atoms with Crippen LogP contribution in [0.3, 0.4) is 0 Å². The number of benzene rings is 3. The molecule has 0 aromatic heterocycles. The molecule has 1 fully saturated rings. The number of ether oxygens (including phenoxy) is 5. The second-order valence-electron chi connectivity index (χ2n) is 8.60. The first-order chi connectivity index (χ1) is 18.3. The predicted molar refractivity (Wildman–Crippen MR) is 142 cm³/mol. The minimum atomic E-state index is -1.45. The molecule has 1 aliphatic rings. The maximum absolute atomic E-state index is 6.50. The van der Waals surface area contributed by atoms with Gasteiger partial charge in [-0.2, -0.15) is 0 Å². The molecule has 0 saturated carbocycles. The molecule has 198 valence electrons. The van der Waals surface area contributed by atoms with Gasteiger partial charge in [-0.3, -0.25) is 0 Å². The third-order valence-corrected chi connectivity index (χ3v) is 7.62. The van der Waals surface area contributed by atoms with Crippen LogP contribution in [0.15, 0.2) is 91.0 Å². The van der Waals surface area contributed by atoms with Gasteiger partial charge in [-0.15, -0.1) is 0 Å². The highest BCUT2D eigenvalue weighted by Gasteiger charge is 2.49. The number of hydrogen-bond donors (Lipinski definition) is 0. The lowest BCUT2D eigenvalue weighted by Crippen LogP contribution is -2.54. The van der Waals surface area contributed by atoms with E-state index in [9.17, 15) is 0 Å². The monoisotopic (exact) mass is 526 g/mol. The molecule has 8 heteroatoms. The Hall–Kier alpha value is -2.19. The van der Waals surface area contributed by atoms with Gasteiger partial charge in [0.2, 0.25) is 8.38 Å². The first-order valence-electron chi connectivity index (χ1n) is 12.3. The van der Waals surface area contributed by atoms with E-state index in [1.165, 1.54) is 0 Å². The minimum Gasteiger partial charge on any atom is -0.374 e. The number of hydrogen-bond acceptors (Lipinski definition) is 7. The maximum Gasteiger partial charge on any atom is 0.204 e. The fourth-order valence-electron chi connectivity index (χ4n) is 4.09. The molecule has 0 spiro atoms. The molecule has 7 nitrogen and oxygen atoms in total. The van der Waals surface area contributed by atoms with Gasteiger partial charge in [0, 0.05) is 14.2 Å². The van der Waals surface area contributed by atoms with Gasteiger partial charge in [0.1, 0.15) is 25.1 Å². The summed E-state index contributed by atoms with van der Waals surface area (Å²) in [6.07, 6.45) is -1.35. The van der Waals surface area contributed by atoms with Crippen LogP contribution in [-0.2, 0) is 52.6 Å². The zero-order valence-electron chi connectivity index (χ0n) is 21.3. The standard InChI is InChI=1S/C29H35O7P/c1-30-22-35-29-28(34-20-25-16-10-5-11-17-25)27(33-19-24-14-8-4-9-15-24)26(36-37(29)31-2)21-32-18-23-12-6-3-7-13-23/h3-17,26-29H,18-22H2,1-2H3/t26-,27-,28+,29+,37-/m1/s1. The lowest BCUT2D eigenvalue weighted by molar-refractivity contribution is -0.197. The van der Waals surface area contributed by atoms with Gasteiger partial charge < -0.3 is 32.7 Å². The van der Waals surface area contributed by atoms with E-state index < -0.39 is 32.5 Å². The van der Waals surface area contributed by atoms with E-state index >= 15 is 0 Å². The van der Waals surface area contributed by atoms with Crippen molar-refractivity contribution in [3.05, 3.63) is 108 Å². The van der Waals surface area contributed by atoms with Crippen molar-refractivity contribution in [1.82, 2.24) is 0 Å². The van der Waals surface area contributed by atoms with E-state index in [-0.39, 0.29) is 6.79 Å². The molecule has 0 amide bonds. The van der Waals surface area contributed by atoms with Gasteiger partial charge in [-0.05, 0) is 16.7 Å². The normalized spacial score (nSPS) is 23.7. The molecule has 0 N–H and O–H groups in total. The molecular weight excluding hydrogens is 491 g/mol. The summed E-state index contributed by atoms with van der Waals surface area (Å²) < 4.78 is 42.5. The highest BCUT2D eigenvalue weighted by molar-refractivity contribution is 7.48. The average Bonchev–Trinajstić information content (AvgIpc) is 2.96. The van der Waals surface area contributed by atoms with Crippen LogP contribution < -0.4 is 0 Å². The first kappa shape index (κ1) is 27.8. The molecule has 1 aliphatic heterocycles. The summed E-state index contributed by atoms with van der Waals surface area (Å²) in [5.41, 5.74) is 3.20. The van der Waals surface area contributed by atoms with E-state index in [2.05, 4.69) is 0 Å². The summed E-state index contributed by atoms with van der Waals surface area (Å²) in [4.78, 5) is 0. The van der Waals surface area contributed by atoms with Crippen LogP contribution >= 0.6 is 8.38 Å². The highest BCUT2D eigenvalue weighted by Crippen LogP contribution is 2.52. The van der Waals surface area contributed by atoms with Crippen molar-refractivity contribution in [2.24, 2.45) is 0 Å². The lowest BCUT2D eigenvalue weighted by atomic mass is 10.1. The van der Waals surface area contributed by atoms with E-state index in [1.54, 1.807) is 14.2 Å². The molecular formula is C29H35O7P. The van der Waals surface area contributed by atoms with Crippen LogP contribution in [0.1, 0.15) is 16.7 Å². The van der Waals surface area contributed by atoms with Crippen molar-refractivity contribution in [1.29, 1.82) is 0 Å². The van der Waals surface area contributed by atoms with Gasteiger partial charge >= 0.3 is 0 Å². The Morgan fingerprint density at radius 3 is 1.68 bits per heavy atom.